The molecule has 10 heteroatoms. The van der Waals surface area contributed by atoms with Crippen molar-refractivity contribution in [2.45, 2.75) is 0 Å². The van der Waals surface area contributed by atoms with E-state index in [2.05, 4.69) is 27.9 Å². The Balaban J connectivity index is 2.08. The van der Waals surface area contributed by atoms with E-state index < -0.39 is 16.7 Å². The second-order valence-electron chi connectivity index (χ2n) is 5.17. The molecule has 0 aromatic heterocycles. The number of rotatable bonds is 4. The SMILES string of the molecule is NNC(=O)C(Oc1ccc([N+](=O)[O-])cc1)=C1C(=O)Nc2ccc(I)cc21. The molecule has 0 fully saturated rings. The average Bonchev–Trinajstić information content (AvgIpc) is 2.94. The molecule has 1 aliphatic heterocycles. The molecular weight excluding hydrogens is 455 g/mol. The van der Waals surface area contributed by atoms with Gasteiger partial charge in [-0.3, -0.25) is 25.1 Å². The summed E-state index contributed by atoms with van der Waals surface area (Å²) in [4.78, 5) is 34.8. The predicted octanol–water partition coefficient (Wildman–Crippen LogP) is 1.93. The van der Waals surface area contributed by atoms with Gasteiger partial charge in [-0.05, 0) is 52.9 Å². The second kappa shape index (κ2) is 7.09. The van der Waals surface area contributed by atoms with Gasteiger partial charge in [0.15, 0.2) is 0 Å². The van der Waals surface area contributed by atoms with Gasteiger partial charge in [0.05, 0.1) is 10.5 Å². The molecule has 0 aliphatic carbocycles. The Bertz CT molecular complexity index is 956. The zero-order chi connectivity index (χ0) is 18.8. The summed E-state index contributed by atoms with van der Waals surface area (Å²) in [6, 6.07) is 10.4. The van der Waals surface area contributed by atoms with Crippen LogP contribution in [0.25, 0.3) is 5.57 Å². The van der Waals surface area contributed by atoms with Gasteiger partial charge in [0, 0.05) is 27.0 Å². The van der Waals surface area contributed by atoms with Crippen molar-refractivity contribution in [3.05, 3.63) is 67.5 Å². The van der Waals surface area contributed by atoms with E-state index in [0.29, 0.717) is 11.3 Å². The van der Waals surface area contributed by atoms with Crippen LogP contribution >= 0.6 is 22.6 Å². The van der Waals surface area contributed by atoms with Crippen molar-refractivity contribution in [1.82, 2.24) is 5.43 Å². The molecule has 2 aromatic rings. The number of nitro benzene ring substituents is 1. The van der Waals surface area contributed by atoms with Gasteiger partial charge in [0.2, 0.25) is 5.76 Å². The lowest BCUT2D eigenvalue weighted by atomic mass is 10.1. The molecule has 26 heavy (non-hydrogen) atoms. The fraction of sp³-hybridized carbons (Fsp3) is 0. The molecule has 4 N–H and O–H groups in total. The molecule has 0 bridgehead atoms. The molecule has 0 saturated carbocycles. The van der Waals surface area contributed by atoms with Gasteiger partial charge in [-0.25, -0.2) is 5.84 Å². The summed E-state index contributed by atoms with van der Waals surface area (Å²) in [6.45, 7) is 0. The maximum absolute atomic E-state index is 12.4. The number of non-ortho nitro benzene ring substituents is 1. The van der Waals surface area contributed by atoms with Crippen molar-refractivity contribution in [1.29, 1.82) is 0 Å². The average molecular weight is 466 g/mol. The largest absolute Gasteiger partial charge is 0.451 e. The summed E-state index contributed by atoms with van der Waals surface area (Å²) in [5, 5.41) is 13.4. The molecule has 0 atom stereocenters. The first kappa shape index (κ1) is 17.8. The number of hydrogen-bond acceptors (Lipinski definition) is 6. The summed E-state index contributed by atoms with van der Waals surface area (Å²) in [5.74, 6) is 3.74. The van der Waals surface area contributed by atoms with Crippen LogP contribution in [0.2, 0.25) is 0 Å². The van der Waals surface area contributed by atoms with Crippen LogP contribution in [0.1, 0.15) is 5.56 Å². The van der Waals surface area contributed by atoms with E-state index in [4.69, 9.17) is 10.6 Å². The Morgan fingerprint density at radius 1 is 1.23 bits per heavy atom. The lowest BCUT2D eigenvalue weighted by Gasteiger charge is -2.11. The standard InChI is InChI=1S/C16H11IN4O5/c17-8-1-6-12-11(7-8)13(15(22)19-12)14(16(23)20-18)26-10-4-2-9(3-5-10)21(24)25/h1-7H,18H2,(H,19,22)(H,20,23). The minimum Gasteiger partial charge on any atom is -0.451 e. The van der Waals surface area contributed by atoms with Crippen molar-refractivity contribution in [3.63, 3.8) is 0 Å². The summed E-state index contributed by atoms with van der Waals surface area (Å²) >= 11 is 2.08. The number of amides is 2. The Morgan fingerprint density at radius 3 is 2.54 bits per heavy atom. The van der Waals surface area contributed by atoms with Crippen LogP contribution in [-0.4, -0.2) is 16.7 Å². The third-order valence-electron chi connectivity index (χ3n) is 3.56. The molecule has 0 saturated heterocycles. The molecule has 9 nitrogen and oxygen atoms in total. The summed E-state index contributed by atoms with van der Waals surface area (Å²) in [5.41, 5.74) is 2.89. The number of nitrogens with one attached hydrogen (secondary N) is 2. The highest BCUT2D eigenvalue weighted by molar-refractivity contribution is 14.1. The third kappa shape index (κ3) is 3.36. The lowest BCUT2D eigenvalue weighted by Crippen LogP contribution is -2.34. The minimum absolute atomic E-state index is 0.0276. The van der Waals surface area contributed by atoms with Gasteiger partial charge in [0.25, 0.3) is 11.6 Å². The van der Waals surface area contributed by atoms with Crippen LogP contribution in [0.4, 0.5) is 11.4 Å². The van der Waals surface area contributed by atoms with Crippen molar-refractivity contribution < 1.29 is 19.2 Å². The fourth-order valence-electron chi connectivity index (χ4n) is 2.40. The molecule has 0 spiro atoms. The first-order valence-electron chi connectivity index (χ1n) is 7.19. The van der Waals surface area contributed by atoms with Crippen LogP contribution in [0, 0.1) is 13.7 Å². The molecule has 132 valence electrons. The quantitative estimate of drug-likeness (QED) is 0.120. The van der Waals surface area contributed by atoms with E-state index in [1.807, 2.05) is 11.5 Å². The number of hydrazine groups is 1. The number of carbonyl (C=O) groups is 2. The van der Waals surface area contributed by atoms with Crippen LogP contribution in [0.15, 0.2) is 48.2 Å². The van der Waals surface area contributed by atoms with Gasteiger partial charge in [-0.15, -0.1) is 0 Å². The Hall–Kier alpha value is -2.99. The molecule has 1 heterocycles. The van der Waals surface area contributed by atoms with E-state index in [0.717, 1.165) is 3.57 Å². The predicted molar refractivity (Wildman–Crippen MR) is 101 cm³/mol. The smallest absolute Gasteiger partial charge is 0.301 e. The zero-order valence-electron chi connectivity index (χ0n) is 13.0. The highest BCUT2D eigenvalue weighted by atomic mass is 127. The van der Waals surface area contributed by atoms with Crippen molar-refractivity contribution in [2.24, 2.45) is 5.84 Å². The van der Waals surface area contributed by atoms with Gasteiger partial charge in [-0.2, -0.15) is 0 Å². The first-order valence-corrected chi connectivity index (χ1v) is 8.27. The molecule has 0 unspecified atom stereocenters. The van der Waals surface area contributed by atoms with E-state index >= 15 is 0 Å². The maximum Gasteiger partial charge on any atom is 0.301 e. The molecule has 2 amide bonds. The normalized spacial score (nSPS) is 14.3. The molecule has 0 radical (unpaired) electrons. The Kier molecular flexibility index (Phi) is 4.86. The van der Waals surface area contributed by atoms with Crippen LogP contribution in [0.5, 0.6) is 5.75 Å². The zero-order valence-corrected chi connectivity index (χ0v) is 15.1. The molecular formula is C16H11IN4O5. The molecule has 1 aliphatic rings. The van der Waals surface area contributed by atoms with Gasteiger partial charge >= 0.3 is 5.91 Å². The third-order valence-corrected chi connectivity index (χ3v) is 4.23. The first-order chi connectivity index (χ1) is 12.4. The molecule has 3 rings (SSSR count). The van der Waals surface area contributed by atoms with Gasteiger partial charge < -0.3 is 10.1 Å². The van der Waals surface area contributed by atoms with Crippen molar-refractivity contribution >= 4 is 51.4 Å². The van der Waals surface area contributed by atoms with Crippen molar-refractivity contribution in [3.8, 4) is 5.75 Å². The lowest BCUT2D eigenvalue weighted by molar-refractivity contribution is -0.384. The maximum atomic E-state index is 12.4. The number of nitrogens with zero attached hydrogens (tertiary/aromatic N) is 1. The van der Waals surface area contributed by atoms with E-state index in [-0.39, 0.29) is 22.8 Å². The number of benzene rings is 2. The number of anilines is 1. The summed E-state index contributed by atoms with van der Waals surface area (Å²) in [6.07, 6.45) is 0. The van der Waals surface area contributed by atoms with E-state index in [1.165, 1.54) is 24.3 Å². The highest BCUT2D eigenvalue weighted by Crippen LogP contribution is 2.35. The van der Waals surface area contributed by atoms with E-state index in [9.17, 15) is 19.7 Å². The molecule has 2 aromatic carbocycles. The minimum atomic E-state index is -0.805. The van der Waals surface area contributed by atoms with Crippen LogP contribution in [-0.2, 0) is 9.59 Å². The fourth-order valence-corrected chi connectivity index (χ4v) is 2.89. The van der Waals surface area contributed by atoms with E-state index in [1.54, 1.807) is 12.1 Å². The Labute approximate surface area is 160 Å². The number of hydrogen-bond donors (Lipinski definition) is 3. The monoisotopic (exact) mass is 466 g/mol. The second-order valence-corrected chi connectivity index (χ2v) is 6.42. The summed E-state index contributed by atoms with van der Waals surface area (Å²) < 4.78 is 6.41. The number of fused-ring (bicyclic) bond motifs is 1. The number of nitro groups is 1. The van der Waals surface area contributed by atoms with Gasteiger partial charge in [-0.1, -0.05) is 0 Å². The number of ether oxygens (including phenoxy) is 1. The van der Waals surface area contributed by atoms with Crippen molar-refractivity contribution in [2.75, 3.05) is 5.32 Å². The van der Waals surface area contributed by atoms with Gasteiger partial charge in [0.1, 0.15) is 5.75 Å². The van der Waals surface area contributed by atoms with Crippen LogP contribution < -0.4 is 21.3 Å². The number of carbonyl (C=O) groups excluding carboxylic acids is 2. The van der Waals surface area contributed by atoms with Crippen LogP contribution in [0.3, 0.4) is 0 Å². The highest BCUT2D eigenvalue weighted by Gasteiger charge is 2.32. The topological polar surface area (TPSA) is 137 Å². The Morgan fingerprint density at radius 2 is 1.92 bits per heavy atom. The number of halogens is 1. The summed E-state index contributed by atoms with van der Waals surface area (Å²) in [7, 11) is 0. The number of nitrogens with two attached hydrogens (primary N) is 1.